The topological polar surface area (TPSA) is 103 Å². The van der Waals surface area contributed by atoms with Crippen LogP contribution >= 0.6 is 12.4 Å². The van der Waals surface area contributed by atoms with Gasteiger partial charge in [0.15, 0.2) is 5.82 Å². The van der Waals surface area contributed by atoms with Gasteiger partial charge in [-0.2, -0.15) is 4.98 Å². The molecule has 1 aromatic heterocycles. The summed E-state index contributed by atoms with van der Waals surface area (Å²) in [5.41, 5.74) is 4.79. The number of amides is 1. The number of nitrogens with one attached hydrogen (secondary N) is 1. The van der Waals surface area contributed by atoms with Crippen molar-refractivity contribution in [2.75, 3.05) is 6.61 Å². The van der Waals surface area contributed by atoms with E-state index in [0.29, 0.717) is 24.7 Å². The SMILES string of the molecule is CCOC1CC(N)(c2nc(C(C)(C)NC(C)=O)no2)C1(C)C.Cl. The smallest absolute Gasteiger partial charge is 0.247 e. The summed E-state index contributed by atoms with van der Waals surface area (Å²) in [6.07, 6.45) is 0.706. The summed E-state index contributed by atoms with van der Waals surface area (Å²) in [5, 5.41) is 6.80. The van der Waals surface area contributed by atoms with Crippen molar-refractivity contribution >= 4 is 18.3 Å². The predicted molar refractivity (Wildman–Crippen MR) is 88.1 cm³/mol. The molecule has 132 valence electrons. The minimum absolute atomic E-state index is 0. The highest BCUT2D eigenvalue weighted by Crippen LogP contribution is 2.55. The Hall–Kier alpha value is -1.18. The highest BCUT2D eigenvalue weighted by Gasteiger charge is 2.62. The van der Waals surface area contributed by atoms with Crippen LogP contribution in [0.25, 0.3) is 0 Å². The number of carbonyl (C=O) groups is 1. The molecule has 0 saturated heterocycles. The van der Waals surface area contributed by atoms with E-state index in [2.05, 4.69) is 15.5 Å². The fourth-order valence-corrected chi connectivity index (χ4v) is 2.95. The minimum atomic E-state index is -0.718. The molecule has 8 heteroatoms. The molecule has 1 amide bonds. The van der Waals surface area contributed by atoms with Crippen LogP contribution in [-0.2, 0) is 20.6 Å². The van der Waals surface area contributed by atoms with E-state index in [1.54, 1.807) is 0 Å². The first-order chi connectivity index (χ1) is 10.0. The Morgan fingerprint density at radius 3 is 2.61 bits per heavy atom. The maximum Gasteiger partial charge on any atom is 0.247 e. The Morgan fingerprint density at radius 1 is 1.52 bits per heavy atom. The molecule has 23 heavy (non-hydrogen) atoms. The van der Waals surface area contributed by atoms with E-state index in [-0.39, 0.29) is 29.8 Å². The van der Waals surface area contributed by atoms with E-state index in [9.17, 15) is 4.79 Å². The van der Waals surface area contributed by atoms with Gasteiger partial charge in [0.1, 0.15) is 5.54 Å². The van der Waals surface area contributed by atoms with Gasteiger partial charge in [-0.15, -0.1) is 12.4 Å². The van der Waals surface area contributed by atoms with E-state index in [0.717, 1.165) is 0 Å². The molecule has 0 bridgehead atoms. The summed E-state index contributed by atoms with van der Waals surface area (Å²) in [5.74, 6) is 0.652. The van der Waals surface area contributed by atoms with Crippen molar-refractivity contribution in [2.45, 2.75) is 65.1 Å². The molecule has 1 saturated carbocycles. The number of halogens is 1. The van der Waals surface area contributed by atoms with Crippen molar-refractivity contribution in [3.8, 4) is 0 Å². The lowest BCUT2D eigenvalue weighted by molar-refractivity contribution is -0.162. The zero-order chi connectivity index (χ0) is 16.8. The van der Waals surface area contributed by atoms with Gasteiger partial charge < -0.3 is 20.3 Å². The molecule has 0 spiro atoms. The van der Waals surface area contributed by atoms with Crippen LogP contribution < -0.4 is 11.1 Å². The largest absolute Gasteiger partial charge is 0.378 e. The van der Waals surface area contributed by atoms with E-state index < -0.39 is 11.1 Å². The van der Waals surface area contributed by atoms with Crippen LogP contribution in [0.1, 0.15) is 59.7 Å². The first-order valence-electron chi connectivity index (χ1n) is 7.58. The summed E-state index contributed by atoms with van der Waals surface area (Å²) in [7, 11) is 0. The second-order valence-electron chi connectivity index (χ2n) is 7.07. The summed E-state index contributed by atoms with van der Waals surface area (Å²) in [6.45, 7) is 11.8. The number of hydrogen-bond donors (Lipinski definition) is 2. The number of ether oxygens (including phenoxy) is 1. The quantitative estimate of drug-likeness (QED) is 0.843. The summed E-state index contributed by atoms with van der Waals surface area (Å²) in [4.78, 5) is 15.7. The van der Waals surface area contributed by atoms with Crippen LogP contribution in [0.2, 0.25) is 0 Å². The van der Waals surface area contributed by atoms with Gasteiger partial charge in [0.2, 0.25) is 11.8 Å². The second kappa shape index (κ2) is 6.37. The third kappa shape index (κ3) is 3.22. The highest BCUT2D eigenvalue weighted by molar-refractivity contribution is 5.85. The van der Waals surface area contributed by atoms with Gasteiger partial charge >= 0.3 is 0 Å². The molecular formula is C15H27ClN4O3. The van der Waals surface area contributed by atoms with E-state index >= 15 is 0 Å². The Bertz CT molecular complexity index is 573. The molecule has 2 atom stereocenters. The average Bonchev–Trinajstić information content (AvgIpc) is 2.87. The lowest BCUT2D eigenvalue weighted by Gasteiger charge is -2.56. The molecule has 0 aromatic carbocycles. The van der Waals surface area contributed by atoms with Crippen LogP contribution in [0.3, 0.4) is 0 Å². The van der Waals surface area contributed by atoms with Crippen LogP contribution in [0.4, 0.5) is 0 Å². The fourth-order valence-electron chi connectivity index (χ4n) is 2.95. The average molecular weight is 347 g/mol. The van der Waals surface area contributed by atoms with Crippen LogP contribution in [0.15, 0.2) is 4.52 Å². The maximum atomic E-state index is 11.3. The minimum Gasteiger partial charge on any atom is -0.378 e. The zero-order valence-corrected chi connectivity index (χ0v) is 15.4. The predicted octanol–water partition coefficient (Wildman–Crippen LogP) is 1.85. The Labute approximate surface area is 143 Å². The lowest BCUT2D eigenvalue weighted by atomic mass is 9.54. The molecule has 2 unspecified atom stereocenters. The molecular weight excluding hydrogens is 320 g/mol. The Balaban J connectivity index is 0.00000264. The second-order valence-corrected chi connectivity index (χ2v) is 7.07. The van der Waals surface area contributed by atoms with Gasteiger partial charge in [0.25, 0.3) is 0 Å². The molecule has 1 heterocycles. The number of carbonyl (C=O) groups excluding carboxylic acids is 1. The van der Waals surface area contributed by atoms with Crippen LogP contribution in [-0.4, -0.2) is 28.8 Å². The van der Waals surface area contributed by atoms with Gasteiger partial charge in [-0.3, -0.25) is 4.79 Å². The van der Waals surface area contributed by atoms with Crippen molar-refractivity contribution in [3.05, 3.63) is 11.7 Å². The van der Waals surface area contributed by atoms with Gasteiger partial charge in [0.05, 0.1) is 11.6 Å². The van der Waals surface area contributed by atoms with E-state index in [1.807, 2.05) is 34.6 Å². The fraction of sp³-hybridized carbons (Fsp3) is 0.800. The molecule has 1 aliphatic carbocycles. The van der Waals surface area contributed by atoms with Gasteiger partial charge in [-0.25, -0.2) is 0 Å². The molecule has 0 aliphatic heterocycles. The summed E-state index contributed by atoms with van der Waals surface area (Å²) >= 11 is 0. The summed E-state index contributed by atoms with van der Waals surface area (Å²) in [6, 6.07) is 0. The van der Waals surface area contributed by atoms with Gasteiger partial charge in [-0.1, -0.05) is 19.0 Å². The third-order valence-corrected chi connectivity index (χ3v) is 4.69. The van der Waals surface area contributed by atoms with E-state index in [1.165, 1.54) is 6.92 Å². The maximum absolute atomic E-state index is 11.3. The summed E-state index contributed by atoms with van der Waals surface area (Å²) < 4.78 is 11.1. The number of aromatic nitrogens is 2. The van der Waals surface area contributed by atoms with Crippen molar-refractivity contribution < 1.29 is 14.1 Å². The standard InChI is InChI=1S/C15H26N4O3.ClH/c1-7-21-10-8-15(16,13(10,3)4)12-17-11(19-22-12)14(5,6)18-9(2)20;/h10H,7-8,16H2,1-6H3,(H,18,20);1H. The van der Waals surface area contributed by atoms with Crippen molar-refractivity contribution in [3.63, 3.8) is 0 Å². The molecule has 1 fully saturated rings. The van der Waals surface area contributed by atoms with Crippen molar-refractivity contribution in [1.82, 2.24) is 15.5 Å². The molecule has 1 aromatic rings. The Morgan fingerprint density at radius 2 is 2.13 bits per heavy atom. The monoisotopic (exact) mass is 346 g/mol. The third-order valence-electron chi connectivity index (χ3n) is 4.69. The van der Waals surface area contributed by atoms with Gasteiger partial charge in [0, 0.05) is 25.4 Å². The lowest BCUT2D eigenvalue weighted by Crippen LogP contribution is -2.67. The number of hydrogen-bond acceptors (Lipinski definition) is 6. The van der Waals surface area contributed by atoms with Crippen LogP contribution in [0, 0.1) is 5.41 Å². The van der Waals surface area contributed by atoms with Crippen LogP contribution in [0.5, 0.6) is 0 Å². The first-order valence-corrected chi connectivity index (χ1v) is 7.58. The number of nitrogens with two attached hydrogens (primary N) is 1. The first kappa shape index (κ1) is 19.9. The normalized spacial score (nSPS) is 26.1. The molecule has 1 aliphatic rings. The Kier molecular flexibility index (Phi) is 5.51. The van der Waals surface area contributed by atoms with Gasteiger partial charge in [-0.05, 0) is 20.8 Å². The van der Waals surface area contributed by atoms with Crippen molar-refractivity contribution in [1.29, 1.82) is 0 Å². The van der Waals surface area contributed by atoms with E-state index in [4.69, 9.17) is 15.0 Å². The highest BCUT2D eigenvalue weighted by atomic mass is 35.5. The molecule has 2 rings (SSSR count). The number of rotatable bonds is 5. The number of nitrogens with zero attached hydrogens (tertiary/aromatic N) is 2. The zero-order valence-electron chi connectivity index (χ0n) is 14.6. The molecule has 7 nitrogen and oxygen atoms in total. The molecule has 3 N–H and O–H groups in total. The molecule has 0 radical (unpaired) electrons. The van der Waals surface area contributed by atoms with Crippen molar-refractivity contribution in [2.24, 2.45) is 11.1 Å².